The second-order valence-electron chi connectivity index (χ2n) is 9.21. The molecule has 3 fully saturated rings. The largest absolute Gasteiger partial charge is 0.376 e. The van der Waals surface area contributed by atoms with E-state index in [1.165, 1.54) is 6.42 Å². The second-order valence-corrected chi connectivity index (χ2v) is 10.1. The Balaban J connectivity index is 1.39. The number of piperidine rings is 1. The molecule has 4 aliphatic rings. The van der Waals surface area contributed by atoms with Crippen LogP contribution in [0.4, 0.5) is 5.69 Å². The monoisotopic (exact) mass is 419 g/mol. The number of ether oxygens (including phenoxy) is 1. The van der Waals surface area contributed by atoms with Crippen molar-refractivity contribution in [3.05, 3.63) is 22.4 Å². The first kappa shape index (κ1) is 17.1. The van der Waals surface area contributed by atoms with E-state index in [1.54, 1.807) is 6.20 Å². The number of hydrogen-bond acceptors (Lipinski definition) is 4. The molecule has 0 N–H and O–H groups in total. The Morgan fingerprint density at radius 3 is 2.81 bits per heavy atom. The van der Waals surface area contributed by atoms with Gasteiger partial charge in [-0.1, -0.05) is 0 Å². The Labute approximate surface area is 163 Å². The zero-order valence-corrected chi connectivity index (χ0v) is 17.3. The van der Waals surface area contributed by atoms with Crippen molar-refractivity contribution < 1.29 is 9.53 Å². The van der Waals surface area contributed by atoms with Crippen molar-refractivity contribution in [2.75, 3.05) is 18.1 Å². The van der Waals surface area contributed by atoms with Gasteiger partial charge in [-0.3, -0.25) is 14.7 Å². The van der Waals surface area contributed by atoms with E-state index in [0.29, 0.717) is 12.1 Å². The molecule has 2 saturated heterocycles. The fourth-order valence-corrected chi connectivity index (χ4v) is 5.94. The van der Waals surface area contributed by atoms with Crippen LogP contribution in [-0.4, -0.2) is 52.7 Å². The Morgan fingerprint density at radius 2 is 2.04 bits per heavy atom. The molecule has 1 aromatic heterocycles. The molecule has 0 aromatic carbocycles. The quantitative estimate of drug-likeness (QED) is 0.737. The molecule has 2 bridgehead atoms. The van der Waals surface area contributed by atoms with Crippen LogP contribution in [0.25, 0.3) is 0 Å². The van der Waals surface area contributed by atoms with Crippen LogP contribution in [-0.2, 0) is 14.9 Å². The minimum Gasteiger partial charge on any atom is -0.376 e. The summed E-state index contributed by atoms with van der Waals surface area (Å²) < 4.78 is 6.81. The highest BCUT2D eigenvalue weighted by Crippen LogP contribution is 2.50. The van der Waals surface area contributed by atoms with Gasteiger partial charge < -0.3 is 9.64 Å². The molecule has 0 radical (unpaired) electrons. The fourth-order valence-electron chi connectivity index (χ4n) is 5.62. The molecule has 1 aromatic rings. The van der Waals surface area contributed by atoms with Gasteiger partial charge in [0.25, 0.3) is 0 Å². The third kappa shape index (κ3) is 2.28. The highest BCUT2D eigenvalue weighted by atomic mass is 79.9. The van der Waals surface area contributed by atoms with Gasteiger partial charge in [0.1, 0.15) is 0 Å². The highest BCUT2D eigenvalue weighted by molar-refractivity contribution is 9.10. The number of rotatable bonds is 2. The van der Waals surface area contributed by atoms with E-state index < -0.39 is 5.41 Å². The van der Waals surface area contributed by atoms with Gasteiger partial charge in [-0.05, 0) is 68.5 Å². The Hall–Kier alpha value is -0.980. The molecule has 0 spiro atoms. The minimum atomic E-state index is -0.542. The van der Waals surface area contributed by atoms with Crippen molar-refractivity contribution >= 4 is 27.5 Å². The molecule has 2 atom stereocenters. The van der Waals surface area contributed by atoms with E-state index in [2.05, 4.69) is 38.8 Å². The topological polar surface area (TPSA) is 45.7 Å². The van der Waals surface area contributed by atoms with Crippen LogP contribution >= 0.6 is 15.9 Å². The number of aromatic nitrogens is 1. The third-order valence-electron chi connectivity index (χ3n) is 7.04. The molecule has 1 aliphatic carbocycles. The third-order valence-corrected chi connectivity index (χ3v) is 7.47. The predicted molar refractivity (Wildman–Crippen MR) is 103 cm³/mol. The molecule has 5 rings (SSSR count). The van der Waals surface area contributed by atoms with Crippen molar-refractivity contribution in [2.45, 2.75) is 75.6 Å². The molecule has 26 heavy (non-hydrogen) atoms. The lowest BCUT2D eigenvalue weighted by Crippen LogP contribution is -2.66. The SMILES string of the molecule is CC1(C)C(=O)N(C2CC(C)(N3CCC4CC3CO4)C2)c2cc(Br)cnc21. The first-order valence-electron chi connectivity index (χ1n) is 9.68. The van der Waals surface area contributed by atoms with Gasteiger partial charge in [0.05, 0.1) is 29.5 Å². The van der Waals surface area contributed by atoms with E-state index in [0.717, 1.165) is 48.3 Å². The first-order valence-corrected chi connectivity index (χ1v) is 10.5. The van der Waals surface area contributed by atoms with Crippen LogP contribution in [0, 0.1) is 0 Å². The number of hydrogen-bond donors (Lipinski definition) is 0. The average Bonchev–Trinajstić information content (AvgIpc) is 3.01. The number of halogens is 1. The van der Waals surface area contributed by atoms with Gasteiger partial charge in [-0.25, -0.2) is 0 Å². The molecular weight excluding hydrogens is 394 g/mol. The van der Waals surface area contributed by atoms with E-state index in [1.807, 2.05) is 18.7 Å². The van der Waals surface area contributed by atoms with Crippen molar-refractivity contribution in [3.63, 3.8) is 0 Å². The summed E-state index contributed by atoms with van der Waals surface area (Å²) in [6.45, 7) is 8.36. The van der Waals surface area contributed by atoms with Crippen molar-refractivity contribution in [1.82, 2.24) is 9.88 Å². The Bertz CT molecular complexity index is 774. The molecule has 1 saturated carbocycles. The van der Waals surface area contributed by atoms with E-state index in [4.69, 9.17) is 4.74 Å². The van der Waals surface area contributed by atoms with Crippen LogP contribution in [0.1, 0.15) is 52.1 Å². The van der Waals surface area contributed by atoms with Crippen LogP contribution in [0.15, 0.2) is 16.7 Å². The summed E-state index contributed by atoms with van der Waals surface area (Å²) in [6, 6.07) is 2.89. The lowest BCUT2D eigenvalue weighted by molar-refractivity contribution is -0.124. The van der Waals surface area contributed by atoms with Gasteiger partial charge in [-0.15, -0.1) is 0 Å². The fraction of sp³-hybridized carbons (Fsp3) is 0.700. The second kappa shape index (κ2) is 5.52. The molecule has 3 aliphatic heterocycles. The highest BCUT2D eigenvalue weighted by Gasteiger charge is 2.56. The predicted octanol–water partition coefficient (Wildman–Crippen LogP) is 3.25. The number of amides is 1. The number of carbonyl (C=O) groups is 1. The van der Waals surface area contributed by atoms with Crippen LogP contribution in [0.3, 0.4) is 0 Å². The van der Waals surface area contributed by atoms with Crippen molar-refractivity contribution in [3.8, 4) is 0 Å². The molecule has 1 amide bonds. The average molecular weight is 420 g/mol. The summed E-state index contributed by atoms with van der Waals surface area (Å²) in [4.78, 5) is 22.5. The maximum absolute atomic E-state index is 13.2. The number of pyridine rings is 1. The van der Waals surface area contributed by atoms with Crippen molar-refractivity contribution in [1.29, 1.82) is 0 Å². The maximum Gasteiger partial charge on any atom is 0.239 e. The lowest BCUT2D eigenvalue weighted by Gasteiger charge is -2.57. The van der Waals surface area contributed by atoms with Gasteiger partial charge in [0, 0.05) is 34.8 Å². The normalized spacial score (nSPS) is 38.4. The van der Waals surface area contributed by atoms with Crippen molar-refractivity contribution in [2.24, 2.45) is 0 Å². The zero-order chi connectivity index (χ0) is 18.3. The van der Waals surface area contributed by atoms with Crippen LogP contribution in [0.2, 0.25) is 0 Å². The summed E-state index contributed by atoms with van der Waals surface area (Å²) in [6.07, 6.45) is 6.66. The first-order chi connectivity index (χ1) is 12.3. The zero-order valence-electron chi connectivity index (χ0n) is 15.7. The molecule has 2 unspecified atom stereocenters. The Morgan fingerprint density at radius 1 is 1.27 bits per heavy atom. The number of nitrogens with zero attached hydrogens (tertiary/aromatic N) is 3. The summed E-state index contributed by atoms with van der Waals surface area (Å²) >= 11 is 3.52. The maximum atomic E-state index is 13.2. The minimum absolute atomic E-state index is 0.181. The number of carbonyl (C=O) groups excluding carboxylic acids is 1. The lowest BCUT2D eigenvalue weighted by atomic mass is 9.70. The Kier molecular flexibility index (Phi) is 3.64. The smallest absolute Gasteiger partial charge is 0.239 e. The summed E-state index contributed by atoms with van der Waals surface area (Å²) in [5, 5.41) is 0. The van der Waals surface area contributed by atoms with E-state index >= 15 is 0 Å². The standard InChI is InChI=1S/C20H26BrN3O2/c1-19(2)17-16(6-12(21)10-22-17)24(18(19)25)14-8-20(3,9-14)23-5-4-15-7-13(23)11-26-15/h6,10,13-15H,4-5,7-9,11H2,1-3H3. The summed E-state index contributed by atoms with van der Waals surface area (Å²) in [7, 11) is 0. The summed E-state index contributed by atoms with van der Waals surface area (Å²) in [5.74, 6) is 0.188. The van der Waals surface area contributed by atoms with Gasteiger partial charge in [0.15, 0.2) is 0 Å². The van der Waals surface area contributed by atoms with Crippen LogP contribution in [0.5, 0.6) is 0 Å². The summed E-state index contributed by atoms with van der Waals surface area (Å²) in [5.41, 5.74) is 1.54. The number of anilines is 1. The molecule has 5 nitrogen and oxygen atoms in total. The number of fused-ring (bicyclic) bond motifs is 3. The van der Waals surface area contributed by atoms with E-state index in [9.17, 15) is 4.79 Å². The van der Waals surface area contributed by atoms with Gasteiger partial charge in [-0.2, -0.15) is 0 Å². The van der Waals surface area contributed by atoms with E-state index in [-0.39, 0.29) is 17.5 Å². The number of likely N-dealkylation sites (tertiary alicyclic amines) is 1. The molecule has 140 valence electrons. The molecule has 6 heteroatoms. The van der Waals surface area contributed by atoms with Gasteiger partial charge in [0.2, 0.25) is 5.91 Å². The van der Waals surface area contributed by atoms with Gasteiger partial charge >= 0.3 is 0 Å². The molecular formula is C20H26BrN3O2. The molecule has 4 heterocycles. The van der Waals surface area contributed by atoms with Crippen LogP contribution < -0.4 is 4.90 Å².